The summed E-state index contributed by atoms with van der Waals surface area (Å²) in [6, 6.07) is 14.8. The van der Waals surface area contributed by atoms with E-state index < -0.39 is 5.97 Å². The molecule has 2 fully saturated rings. The number of hydrogen-bond acceptors (Lipinski definition) is 5. The Labute approximate surface area is 239 Å². The maximum Gasteiger partial charge on any atom is 0.332 e. The Hall–Kier alpha value is -3.58. The van der Waals surface area contributed by atoms with Crippen molar-refractivity contribution >= 4 is 29.6 Å². The summed E-state index contributed by atoms with van der Waals surface area (Å²) >= 11 is 6.01. The van der Waals surface area contributed by atoms with Crippen molar-refractivity contribution < 1.29 is 23.8 Å². The third kappa shape index (κ3) is 6.94. The normalized spacial score (nSPS) is 18.9. The van der Waals surface area contributed by atoms with E-state index in [-0.39, 0.29) is 17.9 Å². The van der Waals surface area contributed by atoms with Crippen molar-refractivity contribution in [3.8, 4) is 17.0 Å². The van der Waals surface area contributed by atoms with E-state index in [1.165, 1.54) is 25.7 Å². The number of oxazole rings is 1. The van der Waals surface area contributed by atoms with E-state index >= 15 is 0 Å². The number of aliphatic carboxylic acids is 1. The summed E-state index contributed by atoms with van der Waals surface area (Å²) in [6.45, 7) is 3.85. The molecule has 1 N–H and O–H groups in total. The molecule has 2 heterocycles. The van der Waals surface area contributed by atoms with Gasteiger partial charge in [-0.3, -0.25) is 4.79 Å². The van der Waals surface area contributed by atoms with Gasteiger partial charge in [-0.05, 0) is 67.0 Å². The van der Waals surface area contributed by atoms with Crippen molar-refractivity contribution in [3.05, 3.63) is 76.3 Å². The first kappa shape index (κ1) is 28.0. The van der Waals surface area contributed by atoms with Crippen LogP contribution < -0.4 is 4.74 Å². The van der Waals surface area contributed by atoms with Crippen molar-refractivity contribution in [2.24, 2.45) is 11.8 Å². The maximum absolute atomic E-state index is 12.9. The molecule has 0 radical (unpaired) electrons. The molecular weight excluding hydrogens is 528 g/mol. The third-order valence-corrected chi connectivity index (χ3v) is 8.16. The van der Waals surface area contributed by atoms with E-state index in [1.807, 2.05) is 60.4 Å². The number of aromatic nitrogens is 1. The van der Waals surface area contributed by atoms with E-state index in [0.717, 1.165) is 42.1 Å². The van der Waals surface area contributed by atoms with Crippen LogP contribution in [0.15, 0.2) is 58.5 Å². The number of likely N-dealkylation sites (tertiary alicyclic amines) is 1. The minimum Gasteiger partial charge on any atom is -0.494 e. The summed E-state index contributed by atoms with van der Waals surface area (Å²) in [5.74, 6) is 2.12. The summed E-state index contributed by atoms with van der Waals surface area (Å²) in [7, 11) is 0. The van der Waals surface area contributed by atoms with Gasteiger partial charge in [0.25, 0.3) is 0 Å². The molecule has 3 aromatic rings. The van der Waals surface area contributed by atoms with E-state index in [1.54, 1.807) is 6.08 Å². The number of carbonyl (C=O) groups excluding carboxylic acids is 1. The molecule has 0 bridgehead atoms. The van der Waals surface area contributed by atoms with E-state index in [4.69, 9.17) is 20.8 Å². The number of halogens is 1. The molecule has 2 aromatic carbocycles. The Morgan fingerprint density at radius 1 is 1.07 bits per heavy atom. The fourth-order valence-corrected chi connectivity index (χ4v) is 5.95. The molecule has 7 nitrogen and oxygen atoms in total. The van der Waals surface area contributed by atoms with Crippen LogP contribution >= 0.6 is 11.6 Å². The highest BCUT2D eigenvalue weighted by Crippen LogP contribution is 2.36. The zero-order chi connectivity index (χ0) is 28.1. The zero-order valence-corrected chi connectivity index (χ0v) is 23.5. The molecule has 210 valence electrons. The second-order valence-electron chi connectivity index (χ2n) is 10.8. The van der Waals surface area contributed by atoms with Crippen molar-refractivity contribution in [1.82, 2.24) is 9.88 Å². The lowest BCUT2D eigenvalue weighted by atomic mass is 9.82. The van der Waals surface area contributed by atoms with Crippen molar-refractivity contribution in [1.29, 1.82) is 0 Å². The van der Waals surface area contributed by atoms with Gasteiger partial charge in [0.1, 0.15) is 17.2 Å². The highest BCUT2D eigenvalue weighted by atomic mass is 35.5. The fourth-order valence-electron chi connectivity index (χ4n) is 5.83. The minimum atomic E-state index is -1.06. The molecule has 2 aliphatic rings. The SMILES string of the molecule is Cc1nc(-c2ccc(Cl)cc2)c(CCCOc2ccc(/C=C(\CC(=O)N3C[C@H]4CCCC[C@H]4C3)C(=O)O)cc2)o1. The first-order valence-electron chi connectivity index (χ1n) is 14.0. The summed E-state index contributed by atoms with van der Waals surface area (Å²) in [6.07, 6.45) is 7.72. The Balaban J connectivity index is 1.13. The van der Waals surface area contributed by atoms with Gasteiger partial charge in [0.05, 0.1) is 13.0 Å². The second-order valence-corrected chi connectivity index (χ2v) is 11.2. The number of carboxylic acid groups (broad SMARTS) is 1. The Bertz CT molecular complexity index is 1350. The number of ether oxygens (including phenoxy) is 1. The standard InChI is InChI=1S/C32H35ClN2O5/c1-21-34-31(23-10-12-27(33)13-11-23)29(40-21)7-4-16-39-28-14-8-22(9-15-28)17-26(32(37)38)18-30(36)35-19-24-5-2-3-6-25(24)20-35/h8-15,17,24-25H,2-7,16,18-20H2,1H3,(H,37,38)/b26-17+/t24-,25+. The van der Waals surface area contributed by atoms with Crippen molar-refractivity contribution in [3.63, 3.8) is 0 Å². The lowest BCUT2D eigenvalue weighted by Crippen LogP contribution is -2.29. The smallest absolute Gasteiger partial charge is 0.332 e. The van der Waals surface area contributed by atoms with Crippen LogP contribution in [0.4, 0.5) is 0 Å². The highest BCUT2D eigenvalue weighted by molar-refractivity contribution is 6.30. The van der Waals surface area contributed by atoms with Gasteiger partial charge in [0.15, 0.2) is 5.89 Å². The van der Waals surface area contributed by atoms with Crippen LogP contribution in [0, 0.1) is 18.8 Å². The largest absolute Gasteiger partial charge is 0.494 e. The molecule has 5 rings (SSSR count). The molecule has 0 unspecified atom stereocenters. The molecule has 1 amide bonds. The zero-order valence-electron chi connectivity index (χ0n) is 22.8. The number of rotatable bonds is 10. The molecule has 8 heteroatoms. The van der Waals surface area contributed by atoms with Crippen molar-refractivity contribution in [2.75, 3.05) is 19.7 Å². The second kappa shape index (κ2) is 12.7. The number of carbonyl (C=O) groups is 2. The fraction of sp³-hybridized carbons (Fsp3) is 0.406. The summed E-state index contributed by atoms with van der Waals surface area (Å²) in [4.78, 5) is 31.2. The van der Waals surface area contributed by atoms with Crippen LogP contribution in [0.2, 0.25) is 5.02 Å². The Kier molecular flexibility index (Phi) is 8.90. The predicted molar refractivity (Wildman–Crippen MR) is 154 cm³/mol. The summed E-state index contributed by atoms with van der Waals surface area (Å²) in [5, 5.41) is 10.4. The van der Waals surface area contributed by atoms with Gasteiger partial charge < -0.3 is 19.2 Å². The van der Waals surface area contributed by atoms with Crippen LogP contribution in [0.5, 0.6) is 5.75 Å². The topological polar surface area (TPSA) is 92.9 Å². The third-order valence-electron chi connectivity index (χ3n) is 7.91. The quantitative estimate of drug-likeness (QED) is 0.215. The number of hydrogen-bond donors (Lipinski definition) is 1. The molecule has 1 saturated carbocycles. The first-order chi connectivity index (χ1) is 19.4. The molecule has 1 aliphatic heterocycles. The van der Waals surface area contributed by atoms with Crippen LogP contribution in [-0.2, 0) is 16.0 Å². The molecule has 2 atom stereocenters. The number of benzene rings is 2. The molecule has 1 aliphatic carbocycles. The molecule has 1 saturated heterocycles. The average Bonchev–Trinajstić information content (AvgIpc) is 3.55. The Morgan fingerprint density at radius 2 is 1.75 bits per heavy atom. The summed E-state index contributed by atoms with van der Waals surface area (Å²) < 4.78 is 11.7. The highest BCUT2D eigenvalue weighted by Gasteiger charge is 2.36. The van der Waals surface area contributed by atoms with Gasteiger partial charge in [-0.1, -0.05) is 48.7 Å². The predicted octanol–water partition coefficient (Wildman–Crippen LogP) is 6.82. The lowest BCUT2D eigenvalue weighted by Gasteiger charge is -2.22. The van der Waals surface area contributed by atoms with Crippen LogP contribution in [-0.4, -0.2) is 46.6 Å². The van der Waals surface area contributed by atoms with Gasteiger partial charge in [0.2, 0.25) is 5.91 Å². The van der Waals surface area contributed by atoms with Gasteiger partial charge in [-0.15, -0.1) is 0 Å². The summed E-state index contributed by atoms with van der Waals surface area (Å²) in [5.41, 5.74) is 2.60. The van der Waals surface area contributed by atoms with E-state index in [2.05, 4.69) is 4.98 Å². The molecular formula is C32H35ClN2O5. The van der Waals surface area contributed by atoms with Crippen LogP contribution in [0.3, 0.4) is 0 Å². The van der Waals surface area contributed by atoms with Gasteiger partial charge in [-0.25, -0.2) is 9.78 Å². The van der Waals surface area contributed by atoms with Gasteiger partial charge in [0, 0.05) is 42.6 Å². The monoisotopic (exact) mass is 562 g/mol. The number of amides is 1. The molecule has 0 spiro atoms. The first-order valence-corrected chi connectivity index (χ1v) is 14.4. The number of aryl methyl sites for hydroxylation is 2. The number of carboxylic acids is 1. The molecule has 40 heavy (non-hydrogen) atoms. The van der Waals surface area contributed by atoms with Gasteiger partial charge in [-0.2, -0.15) is 0 Å². The lowest BCUT2D eigenvalue weighted by molar-refractivity contribution is -0.136. The van der Waals surface area contributed by atoms with Crippen LogP contribution in [0.25, 0.3) is 17.3 Å². The Morgan fingerprint density at radius 3 is 2.40 bits per heavy atom. The number of fused-ring (bicyclic) bond motifs is 1. The average molecular weight is 563 g/mol. The van der Waals surface area contributed by atoms with Crippen LogP contribution in [0.1, 0.15) is 55.7 Å². The van der Waals surface area contributed by atoms with E-state index in [9.17, 15) is 14.7 Å². The van der Waals surface area contributed by atoms with E-state index in [0.29, 0.717) is 41.5 Å². The molecule has 1 aromatic heterocycles. The minimum absolute atomic E-state index is 0.0911. The maximum atomic E-state index is 12.9. The van der Waals surface area contributed by atoms with Crippen molar-refractivity contribution in [2.45, 2.75) is 51.9 Å². The van der Waals surface area contributed by atoms with Gasteiger partial charge >= 0.3 is 5.97 Å². The number of nitrogens with zero attached hydrogens (tertiary/aromatic N) is 2.